The fraction of sp³-hybridized carbons (Fsp3) is 0.476. The topological polar surface area (TPSA) is 45.4 Å². The lowest BCUT2D eigenvalue weighted by atomic mass is 10.1. The van der Waals surface area contributed by atoms with Crippen molar-refractivity contribution < 1.29 is 0 Å². The molecule has 5 heteroatoms. The Balaban J connectivity index is 1.55. The molecule has 3 rings (SSSR count). The molecule has 1 unspecified atom stereocenters. The molecule has 2 heterocycles. The monoisotopic (exact) mass is 370 g/mol. The predicted octanol–water partition coefficient (Wildman–Crippen LogP) is 2.87. The highest BCUT2D eigenvalue weighted by Gasteiger charge is 2.18. The van der Waals surface area contributed by atoms with Gasteiger partial charge in [0.25, 0.3) is 0 Å². The van der Waals surface area contributed by atoms with E-state index in [-0.39, 0.29) is 0 Å². The highest BCUT2D eigenvalue weighted by Crippen LogP contribution is 2.34. The van der Waals surface area contributed by atoms with E-state index < -0.39 is 0 Å². The molecule has 1 aliphatic rings. The van der Waals surface area contributed by atoms with Gasteiger partial charge in [-0.1, -0.05) is 36.4 Å². The van der Waals surface area contributed by atoms with Crippen molar-refractivity contribution in [2.45, 2.75) is 11.7 Å². The molecule has 1 aromatic heterocycles. The molecule has 26 heavy (non-hydrogen) atoms. The largest absolute Gasteiger partial charge is 0.329 e. The molecule has 1 aromatic carbocycles. The fourth-order valence-electron chi connectivity index (χ4n) is 3.47. The van der Waals surface area contributed by atoms with Crippen LogP contribution in [0.25, 0.3) is 0 Å². The van der Waals surface area contributed by atoms with Crippen LogP contribution in [0.1, 0.15) is 22.9 Å². The minimum absolute atomic E-state index is 0.304. The van der Waals surface area contributed by atoms with E-state index in [1.807, 2.05) is 24.0 Å². The maximum atomic E-state index is 5.70. The second kappa shape index (κ2) is 10.7. The Hall–Kier alpha value is -1.40. The summed E-state index contributed by atoms with van der Waals surface area (Å²) in [5, 5.41) is 0.304. The molecule has 0 spiro atoms. The second-order valence-electron chi connectivity index (χ2n) is 6.74. The molecule has 140 valence electrons. The fourth-order valence-corrected chi connectivity index (χ4v) is 4.72. The summed E-state index contributed by atoms with van der Waals surface area (Å²) in [5.74, 6) is 1.12. The summed E-state index contributed by atoms with van der Waals surface area (Å²) >= 11 is 2.00. The zero-order valence-corrected chi connectivity index (χ0v) is 16.3. The third kappa shape index (κ3) is 5.81. The molecule has 2 aromatic rings. The molecule has 2 N–H and O–H groups in total. The zero-order chi connectivity index (χ0) is 18.0. The number of pyridine rings is 1. The number of benzene rings is 1. The third-order valence-corrected chi connectivity index (χ3v) is 6.14. The molecular weight excluding hydrogens is 340 g/mol. The summed E-state index contributed by atoms with van der Waals surface area (Å²) in [6, 6.07) is 16.9. The van der Waals surface area contributed by atoms with Gasteiger partial charge in [0.15, 0.2) is 0 Å². The van der Waals surface area contributed by atoms with Gasteiger partial charge >= 0.3 is 0 Å². The maximum Gasteiger partial charge on any atom is 0.0719 e. The number of hydrogen-bond acceptors (Lipinski definition) is 5. The number of rotatable bonds is 8. The van der Waals surface area contributed by atoms with Crippen molar-refractivity contribution in [2.75, 3.05) is 51.6 Å². The molecule has 0 saturated carbocycles. The molecule has 0 aliphatic carbocycles. The zero-order valence-electron chi connectivity index (χ0n) is 15.5. The lowest BCUT2D eigenvalue weighted by Gasteiger charge is -2.22. The summed E-state index contributed by atoms with van der Waals surface area (Å²) in [6.45, 7) is 7.60. The van der Waals surface area contributed by atoms with Crippen LogP contribution >= 0.6 is 11.8 Å². The summed E-state index contributed by atoms with van der Waals surface area (Å²) in [6.07, 6.45) is 3.14. The van der Waals surface area contributed by atoms with E-state index in [9.17, 15) is 0 Å². The van der Waals surface area contributed by atoms with Crippen LogP contribution in [0.4, 0.5) is 0 Å². The summed E-state index contributed by atoms with van der Waals surface area (Å²) in [5.41, 5.74) is 8.19. The van der Waals surface area contributed by atoms with Gasteiger partial charge in [0.1, 0.15) is 0 Å². The van der Waals surface area contributed by atoms with Crippen molar-refractivity contribution in [3.8, 4) is 0 Å². The molecule has 0 amide bonds. The third-order valence-electron chi connectivity index (χ3n) is 4.88. The van der Waals surface area contributed by atoms with Crippen LogP contribution in [0.2, 0.25) is 0 Å². The first kappa shape index (κ1) is 19.4. The second-order valence-corrected chi connectivity index (χ2v) is 7.95. The summed E-state index contributed by atoms with van der Waals surface area (Å²) in [7, 11) is 0. The quantitative estimate of drug-likeness (QED) is 0.774. The summed E-state index contributed by atoms with van der Waals surface area (Å²) < 4.78 is 0. The molecule has 0 bridgehead atoms. The Morgan fingerprint density at radius 3 is 2.35 bits per heavy atom. The molecular formula is C21H30N4S. The first-order valence-electron chi connectivity index (χ1n) is 9.59. The SMILES string of the molecule is NCCN1CCCN(CCSC(c2ccccc2)c2ccccn2)CC1. The van der Waals surface area contributed by atoms with E-state index in [1.54, 1.807) is 0 Å². The standard InChI is InChI=1S/C21H30N4S/c22-10-14-24-12-6-13-25(16-15-24)17-18-26-21(19-7-2-1-3-8-19)20-9-4-5-11-23-20/h1-5,7-9,11,21H,6,10,12-18,22H2. The number of thioether (sulfide) groups is 1. The van der Waals surface area contributed by atoms with Gasteiger partial charge in [-0.2, -0.15) is 0 Å². The van der Waals surface area contributed by atoms with Gasteiger partial charge in [-0.25, -0.2) is 0 Å². The van der Waals surface area contributed by atoms with Crippen molar-refractivity contribution >= 4 is 11.8 Å². The highest BCUT2D eigenvalue weighted by atomic mass is 32.2. The van der Waals surface area contributed by atoms with Gasteiger partial charge in [0, 0.05) is 44.7 Å². The smallest absolute Gasteiger partial charge is 0.0719 e. The lowest BCUT2D eigenvalue weighted by molar-refractivity contribution is 0.269. The Kier molecular flexibility index (Phi) is 7.95. The van der Waals surface area contributed by atoms with E-state index in [2.05, 4.69) is 57.2 Å². The van der Waals surface area contributed by atoms with Crippen molar-refractivity contribution in [2.24, 2.45) is 5.73 Å². The minimum atomic E-state index is 0.304. The molecule has 1 atom stereocenters. The van der Waals surface area contributed by atoms with Crippen LogP contribution in [-0.4, -0.2) is 66.3 Å². The van der Waals surface area contributed by atoms with Crippen LogP contribution in [0, 0.1) is 0 Å². The predicted molar refractivity (Wildman–Crippen MR) is 112 cm³/mol. The van der Waals surface area contributed by atoms with Crippen LogP contribution in [0.15, 0.2) is 54.7 Å². The summed E-state index contributed by atoms with van der Waals surface area (Å²) in [4.78, 5) is 9.71. The Labute approximate surface area is 161 Å². The molecule has 1 fully saturated rings. The molecule has 1 aliphatic heterocycles. The number of aromatic nitrogens is 1. The molecule has 1 saturated heterocycles. The van der Waals surface area contributed by atoms with Gasteiger partial charge in [-0.05, 0) is 37.2 Å². The van der Waals surface area contributed by atoms with E-state index in [1.165, 1.54) is 25.1 Å². The van der Waals surface area contributed by atoms with Crippen molar-refractivity contribution in [3.63, 3.8) is 0 Å². The first-order chi connectivity index (χ1) is 12.9. The van der Waals surface area contributed by atoms with Crippen molar-refractivity contribution in [3.05, 3.63) is 66.0 Å². The van der Waals surface area contributed by atoms with Crippen LogP contribution in [0.3, 0.4) is 0 Å². The Bertz CT molecular complexity index is 583. The van der Waals surface area contributed by atoms with E-state index in [0.29, 0.717) is 5.25 Å². The number of nitrogens with two attached hydrogens (primary N) is 1. The molecule has 0 radical (unpaired) electrons. The lowest BCUT2D eigenvalue weighted by Crippen LogP contribution is -2.34. The van der Waals surface area contributed by atoms with Crippen LogP contribution in [0.5, 0.6) is 0 Å². The van der Waals surface area contributed by atoms with Crippen LogP contribution < -0.4 is 5.73 Å². The minimum Gasteiger partial charge on any atom is -0.329 e. The normalized spacial score (nSPS) is 17.7. The number of hydrogen-bond donors (Lipinski definition) is 1. The van der Waals surface area contributed by atoms with Gasteiger partial charge in [0.05, 0.1) is 10.9 Å². The Morgan fingerprint density at radius 2 is 1.65 bits per heavy atom. The van der Waals surface area contributed by atoms with E-state index in [0.717, 1.165) is 44.2 Å². The molecule has 4 nitrogen and oxygen atoms in total. The highest BCUT2D eigenvalue weighted by molar-refractivity contribution is 7.99. The van der Waals surface area contributed by atoms with E-state index in [4.69, 9.17) is 5.73 Å². The van der Waals surface area contributed by atoms with Gasteiger partial charge < -0.3 is 15.5 Å². The maximum absolute atomic E-state index is 5.70. The van der Waals surface area contributed by atoms with Crippen LogP contribution in [-0.2, 0) is 0 Å². The van der Waals surface area contributed by atoms with Gasteiger partial charge in [0.2, 0.25) is 0 Å². The van der Waals surface area contributed by atoms with Gasteiger partial charge in [-0.15, -0.1) is 11.8 Å². The van der Waals surface area contributed by atoms with Crippen molar-refractivity contribution in [1.82, 2.24) is 14.8 Å². The average molecular weight is 371 g/mol. The average Bonchev–Trinajstić information content (AvgIpc) is 2.92. The van der Waals surface area contributed by atoms with E-state index >= 15 is 0 Å². The van der Waals surface area contributed by atoms with Crippen molar-refractivity contribution in [1.29, 1.82) is 0 Å². The Morgan fingerprint density at radius 1 is 0.923 bits per heavy atom. The van der Waals surface area contributed by atoms with Gasteiger partial charge in [-0.3, -0.25) is 4.98 Å². The number of nitrogens with zero attached hydrogens (tertiary/aromatic N) is 3. The first-order valence-corrected chi connectivity index (χ1v) is 10.6.